The number of nitrogens with two attached hydrogens (primary N) is 1. The molecule has 0 spiro atoms. The first-order valence-corrected chi connectivity index (χ1v) is 8.40. The van der Waals surface area contributed by atoms with Gasteiger partial charge in [-0.05, 0) is 55.8 Å². The molecule has 124 valence electrons. The van der Waals surface area contributed by atoms with Crippen LogP contribution in [0.4, 0.5) is 5.82 Å². The molecule has 0 aliphatic heterocycles. The van der Waals surface area contributed by atoms with E-state index in [4.69, 9.17) is 22.3 Å². The molecule has 2 aromatic heterocycles. The van der Waals surface area contributed by atoms with E-state index in [1.165, 1.54) is 0 Å². The summed E-state index contributed by atoms with van der Waals surface area (Å²) in [6, 6.07) is 17.6. The van der Waals surface area contributed by atoms with Crippen LogP contribution in [0.25, 0.3) is 28.1 Å². The molecule has 0 aliphatic rings. The number of hydrogen-bond acceptors (Lipinski definition) is 3. The normalized spacial score (nSPS) is 11.2. The van der Waals surface area contributed by atoms with Gasteiger partial charge in [0.1, 0.15) is 5.82 Å². The molecule has 4 rings (SSSR count). The fraction of sp³-hybridized carbons (Fsp3) is 0.100. The van der Waals surface area contributed by atoms with Crippen LogP contribution < -0.4 is 5.73 Å². The van der Waals surface area contributed by atoms with E-state index in [-0.39, 0.29) is 0 Å². The number of para-hydroxylation sites is 1. The van der Waals surface area contributed by atoms with Crippen LogP contribution in [-0.4, -0.2) is 14.5 Å². The number of aromatic nitrogens is 3. The third-order valence-electron chi connectivity index (χ3n) is 4.50. The average molecular weight is 349 g/mol. The second-order valence-corrected chi connectivity index (χ2v) is 6.46. The third-order valence-corrected chi connectivity index (χ3v) is 4.75. The van der Waals surface area contributed by atoms with Gasteiger partial charge in [0, 0.05) is 22.0 Å². The average Bonchev–Trinajstić information content (AvgIpc) is 2.87. The van der Waals surface area contributed by atoms with E-state index in [0.29, 0.717) is 16.7 Å². The molecule has 0 amide bonds. The van der Waals surface area contributed by atoms with Crippen LogP contribution >= 0.6 is 11.6 Å². The van der Waals surface area contributed by atoms with Crippen molar-refractivity contribution in [2.75, 3.05) is 5.73 Å². The highest BCUT2D eigenvalue weighted by molar-refractivity contribution is 6.30. The lowest BCUT2D eigenvalue weighted by atomic mass is 10.2. The fourth-order valence-corrected chi connectivity index (χ4v) is 3.24. The van der Waals surface area contributed by atoms with Crippen molar-refractivity contribution in [3.05, 3.63) is 70.9 Å². The number of nitrogen functional groups attached to an aromatic ring is 1. The van der Waals surface area contributed by atoms with Gasteiger partial charge in [-0.1, -0.05) is 29.8 Å². The number of nitrogens with zero attached hydrogens (tertiary/aromatic N) is 3. The highest BCUT2D eigenvalue weighted by Gasteiger charge is 2.18. The summed E-state index contributed by atoms with van der Waals surface area (Å²) in [6.07, 6.45) is 0. The maximum atomic E-state index is 6.29. The number of hydrogen-bond donors (Lipinski definition) is 1. The van der Waals surface area contributed by atoms with Gasteiger partial charge in [-0.3, -0.25) is 4.57 Å². The van der Waals surface area contributed by atoms with Gasteiger partial charge in [-0.2, -0.15) is 0 Å². The van der Waals surface area contributed by atoms with Crippen molar-refractivity contribution in [1.82, 2.24) is 14.5 Å². The Balaban J connectivity index is 2.03. The Morgan fingerprint density at radius 1 is 0.920 bits per heavy atom. The highest BCUT2D eigenvalue weighted by Crippen LogP contribution is 2.32. The fourth-order valence-electron chi connectivity index (χ4n) is 3.12. The minimum absolute atomic E-state index is 0.491. The maximum absolute atomic E-state index is 6.29. The lowest BCUT2D eigenvalue weighted by Crippen LogP contribution is -2.01. The summed E-state index contributed by atoms with van der Waals surface area (Å²) >= 11 is 5.99. The Hall–Kier alpha value is -2.85. The Morgan fingerprint density at radius 3 is 2.28 bits per heavy atom. The van der Waals surface area contributed by atoms with Crippen molar-refractivity contribution in [2.45, 2.75) is 13.8 Å². The zero-order chi connectivity index (χ0) is 17.6. The van der Waals surface area contributed by atoms with Crippen molar-refractivity contribution in [1.29, 1.82) is 0 Å². The molecule has 0 radical (unpaired) electrons. The number of halogens is 1. The molecule has 25 heavy (non-hydrogen) atoms. The largest absolute Gasteiger partial charge is 0.383 e. The topological polar surface area (TPSA) is 56.7 Å². The molecule has 0 saturated carbocycles. The summed E-state index contributed by atoms with van der Waals surface area (Å²) in [5.74, 6) is 1.08. The number of benzene rings is 2. The van der Waals surface area contributed by atoms with E-state index < -0.39 is 0 Å². The van der Waals surface area contributed by atoms with Gasteiger partial charge in [-0.15, -0.1) is 0 Å². The van der Waals surface area contributed by atoms with Crippen molar-refractivity contribution in [3.63, 3.8) is 0 Å². The second-order valence-electron chi connectivity index (χ2n) is 6.02. The summed E-state index contributed by atoms with van der Waals surface area (Å²) in [4.78, 5) is 9.34. The summed E-state index contributed by atoms with van der Waals surface area (Å²) in [5, 5.41) is 1.58. The van der Waals surface area contributed by atoms with Crippen LogP contribution in [-0.2, 0) is 0 Å². The molecule has 4 aromatic rings. The Labute approximate surface area is 150 Å². The molecular weight excluding hydrogens is 332 g/mol. The molecule has 0 aliphatic carbocycles. The van der Waals surface area contributed by atoms with Gasteiger partial charge in [0.05, 0.1) is 5.39 Å². The number of aryl methyl sites for hydroxylation is 1. The van der Waals surface area contributed by atoms with Crippen molar-refractivity contribution < 1.29 is 0 Å². The van der Waals surface area contributed by atoms with Gasteiger partial charge < -0.3 is 5.73 Å². The van der Waals surface area contributed by atoms with Crippen LogP contribution in [0.3, 0.4) is 0 Å². The predicted molar refractivity (Wildman–Crippen MR) is 103 cm³/mol. The zero-order valence-electron chi connectivity index (χ0n) is 14.0. The molecule has 2 aromatic carbocycles. The molecule has 5 heteroatoms. The minimum Gasteiger partial charge on any atom is -0.383 e. The maximum Gasteiger partial charge on any atom is 0.163 e. The van der Waals surface area contributed by atoms with Crippen LogP contribution in [0.5, 0.6) is 0 Å². The van der Waals surface area contributed by atoms with Crippen LogP contribution in [0, 0.1) is 13.8 Å². The van der Waals surface area contributed by atoms with E-state index in [0.717, 1.165) is 33.5 Å². The second kappa shape index (κ2) is 5.90. The van der Waals surface area contributed by atoms with E-state index in [9.17, 15) is 0 Å². The molecule has 2 heterocycles. The predicted octanol–water partition coefficient (Wildman–Crippen LogP) is 4.94. The SMILES string of the molecule is Cc1c(C)n(-c2ccccc2)c2nc(-c3ccc(Cl)cc3)nc(N)c12. The Kier molecular flexibility index (Phi) is 3.70. The lowest BCUT2D eigenvalue weighted by Gasteiger charge is -2.09. The third kappa shape index (κ3) is 2.55. The summed E-state index contributed by atoms with van der Waals surface area (Å²) in [5.41, 5.74) is 11.3. The van der Waals surface area contributed by atoms with E-state index >= 15 is 0 Å². The first-order chi connectivity index (χ1) is 12.1. The smallest absolute Gasteiger partial charge is 0.163 e. The van der Waals surface area contributed by atoms with E-state index in [1.807, 2.05) is 42.5 Å². The van der Waals surface area contributed by atoms with Crippen LogP contribution in [0.2, 0.25) is 5.02 Å². The molecule has 2 N–H and O–H groups in total. The molecule has 0 saturated heterocycles. The van der Waals surface area contributed by atoms with Crippen molar-refractivity contribution in [2.24, 2.45) is 0 Å². The van der Waals surface area contributed by atoms with E-state index in [1.54, 1.807) is 0 Å². The quantitative estimate of drug-likeness (QED) is 0.558. The summed E-state index contributed by atoms with van der Waals surface area (Å²) in [6.45, 7) is 4.13. The number of rotatable bonds is 2. The Bertz CT molecular complexity index is 1070. The van der Waals surface area contributed by atoms with Gasteiger partial charge in [-0.25, -0.2) is 9.97 Å². The van der Waals surface area contributed by atoms with E-state index in [2.05, 4.69) is 35.5 Å². The molecule has 4 nitrogen and oxygen atoms in total. The first kappa shape index (κ1) is 15.7. The molecular formula is C20H17ClN4. The number of anilines is 1. The standard InChI is InChI=1S/C20H17ClN4/c1-12-13(2)25(16-6-4-3-5-7-16)20-17(12)18(22)23-19(24-20)14-8-10-15(21)11-9-14/h3-11H,1-2H3,(H2,22,23,24). The number of fused-ring (bicyclic) bond motifs is 1. The molecule has 0 atom stereocenters. The highest BCUT2D eigenvalue weighted by atomic mass is 35.5. The van der Waals surface area contributed by atoms with Crippen LogP contribution in [0.1, 0.15) is 11.3 Å². The summed E-state index contributed by atoms with van der Waals surface area (Å²) in [7, 11) is 0. The Morgan fingerprint density at radius 2 is 1.60 bits per heavy atom. The van der Waals surface area contributed by atoms with Gasteiger partial charge in [0.15, 0.2) is 11.5 Å². The first-order valence-electron chi connectivity index (χ1n) is 8.02. The van der Waals surface area contributed by atoms with Crippen molar-refractivity contribution >= 4 is 28.5 Å². The minimum atomic E-state index is 0.491. The van der Waals surface area contributed by atoms with Gasteiger partial charge in [0.2, 0.25) is 0 Å². The van der Waals surface area contributed by atoms with Crippen molar-refractivity contribution in [3.8, 4) is 17.1 Å². The molecule has 0 fully saturated rings. The molecule has 0 bridgehead atoms. The van der Waals surface area contributed by atoms with Gasteiger partial charge >= 0.3 is 0 Å². The van der Waals surface area contributed by atoms with Gasteiger partial charge in [0.25, 0.3) is 0 Å². The monoisotopic (exact) mass is 348 g/mol. The summed E-state index contributed by atoms with van der Waals surface area (Å²) < 4.78 is 2.13. The lowest BCUT2D eigenvalue weighted by molar-refractivity contribution is 1.02. The molecule has 0 unspecified atom stereocenters. The zero-order valence-corrected chi connectivity index (χ0v) is 14.7. The van der Waals surface area contributed by atoms with Crippen LogP contribution in [0.15, 0.2) is 54.6 Å².